The second-order valence-electron chi connectivity index (χ2n) is 3.96. The summed E-state index contributed by atoms with van der Waals surface area (Å²) >= 11 is 6.02. The minimum absolute atomic E-state index is 0.120. The first-order chi connectivity index (χ1) is 10.1. The second kappa shape index (κ2) is 6.36. The van der Waals surface area contributed by atoms with Crippen LogP contribution in [0.1, 0.15) is 0 Å². The summed E-state index contributed by atoms with van der Waals surface area (Å²) in [5.74, 6) is 2.03. The van der Waals surface area contributed by atoms with Crippen molar-refractivity contribution in [3.05, 3.63) is 23.4 Å². The highest BCUT2D eigenvalue weighted by Gasteiger charge is 2.14. The number of ether oxygens (including phenoxy) is 3. The van der Waals surface area contributed by atoms with Gasteiger partial charge in [-0.15, -0.1) is 0 Å². The van der Waals surface area contributed by atoms with Crippen LogP contribution < -0.4 is 25.3 Å². The molecule has 3 N–H and O–H groups in total. The minimum atomic E-state index is 0.120. The maximum absolute atomic E-state index is 6.02. The molecule has 0 fully saturated rings. The Morgan fingerprint density at radius 1 is 1.10 bits per heavy atom. The van der Waals surface area contributed by atoms with Crippen molar-refractivity contribution in [1.82, 2.24) is 9.97 Å². The molecule has 0 aliphatic rings. The molecule has 7 nitrogen and oxygen atoms in total. The number of nitrogens with one attached hydrogen (secondary N) is 1. The Kier molecular flexibility index (Phi) is 4.54. The number of nitrogen functional groups attached to an aromatic ring is 1. The quantitative estimate of drug-likeness (QED) is 0.876. The Morgan fingerprint density at radius 2 is 1.71 bits per heavy atom. The maximum Gasteiger partial charge on any atom is 0.222 e. The van der Waals surface area contributed by atoms with Gasteiger partial charge < -0.3 is 25.3 Å². The summed E-state index contributed by atoms with van der Waals surface area (Å²) in [5, 5.41) is 3.38. The van der Waals surface area contributed by atoms with Crippen LogP contribution in [-0.4, -0.2) is 31.3 Å². The number of anilines is 3. The van der Waals surface area contributed by atoms with Crippen molar-refractivity contribution in [3.63, 3.8) is 0 Å². The molecule has 1 aromatic carbocycles. The fourth-order valence-corrected chi connectivity index (χ4v) is 1.90. The van der Waals surface area contributed by atoms with Gasteiger partial charge in [-0.3, -0.25) is 0 Å². The molecule has 2 rings (SSSR count). The number of nitrogens with zero attached hydrogens (tertiary/aromatic N) is 2. The van der Waals surface area contributed by atoms with Gasteiger partial charge in [0.2, 0.25) is 11.7 Å². The molecule has 0 atom stereocenters. The molecule has 8 heteroatoms. The van der Waals surface area contributed by atoms with Crippen molar-refractivity contribution in [3.8, 4) is 17.2 Å². The van der Waals surface area contributed by atoms with Gasteiger partial charge in [0.1, 0.15) is 5.02 Å². The van der Waals surface area contributed by atoms with E-state index in [0.29, 0.717) is 33.8 Å². The molecule has 112 valence electrons. The molecule has 1 aromatic heterocycles. The fourth-order valence-electron chi connectivity index (χ4n) is 1.76. The molecule has 2 aromatic rings. The van der Waals surface area contributed by atoms with Crippen LogP contribution >= 0.6 is 11.6 Å². The molecule has 0 aliphatic carbocycles. The summed E-state index contributed by atoms with van der Waals surface area (Å²) in [6.07, 6.45) is 1.42. The summed E-state index contributed by atoms with van der Waals surface area (Å²) in [6, 6.07) is 3.46. The molecule has 0 aliphatic heterocycles. The van der Waals surface area contributed by atoms with Crippen molar-refractivity contribution < 1.29 is 14.2 Å². The van der Waals surface area contributed by atoms with E-state index in [1.807, 2.05) is 0 Å². The smallest absolute Gasteiger partial charge is 0.222 e. The van der Waals surface area contributed by atoms with E-state index in [4.69, 9.17) is 31.5 Å². The molecule has 1 heterocycles. The molecule has 0 amide bonds. The van der Waals surface area contributed by atoms with Crippen LogP contribution in [0.4, 0.5) is 17.5 Å². The van der Waals surface area contributed by atoms with E-state index in [0.717, 1.165) is 0 Å². The molecule has 0 saturated heterocycles. The highest BCUT2D eigenvalue weighted by molar-refractivity contribution is 6.32. The van der Waals surface area contributed by atoms with E-state index in [-0.39, 0.29) is 5.95 Å². The number of hydrogen-bond donors (Lipinski definition) is 2. The van der Waals surface area contributed by atoms with Gasteiger partial charge in [0.15, 0.2) is 17.3 Å². The van der Waals surface area contributed by atoms with E-state index in [2.05, 4.69) is 15.3 Å². The van der Waals surface area contributed by atoms with Gasteiger partial charge in [-0.1, -0.05) is 11.6 Å². The van der Waals surface area contributed by atoms with E-state index in [1.54, 1.807) is 12.1 Å². The van der Waals surface area contributed by atoms with Crippen molar-refractivity contribution in [2.75, 3.05) is 32.4 Å². The monoisotopic (exact) mass is 310 g/mol. The normalized spacial score (nSPS) is 10.1. The summed E-state index contributed by atoms with van der Waals surface area (Å²) in [6.45, 7) is 0. The predicted molar refractivity (Wildman–Crippen MR) is 80.8 cm³/mol. The molecule has 0 unspecified atom stereocenters. The van der Waals surface area contributed by atoms with Crippen LogP contribution in [-0.2, 0) is 0 Å². The SMILES string of the molecule is COc1cc(Nc2nc(N)ncc2Cl)cc(OC)c1OC. The number of methoxy groups -OCH3 is 3. The van der Waals surface area contributed by atoms with E-state index in [1.165, 1.54) is 27.5 Å². The third-order valence-corrected chi connectivity index (χ3v) is 2.97. The van der Waals surface area contributed by atoms with Crippen LogP contribution in [0, 0.1) is 0 Å². The van der Waals surface area contributed by atoms with Crippen molar-refractivity contribution >= 4 is 29.1 Å². The minimum Gasteiger partial charge on any atom is -0.493 e. The Morgan fingerprint density at radius 3 is 2.24 bits per heavy atom. The average molecular weight is 311 g/mol. The molecule has 0 spiro atoms. The highest BCUT2D eigenvalue weighted by atomic mass is 35.5. The molecular weight excluding hydrogens is 296 g/mol. The fraction of sp³-hybridized carbons (Fsp3) is 0.231. The van der Waals surface area contributed by atoms with Crippen LogP contribution in [0.3, 0.4) is 0 Å². The van der Waals surface area contributed by atoms with Gasteiger partial charge in [0, 0.05) is 17.8 Å². The lowest BCUT2D eigenvalue weighted by atomic mass is 10.2. The van der Waals surface area contributed by atoms with Crippen LogP contribution in [0.15, 0.2) is 18.3 Å². The molecule has 21 heavy (non-hydrogen) atoms. The number of hydrogen-bond acceptors (Lipinski definition) is 7. The highest BCUT2D eigenvalue weighted by Crippen LogP contribution is 2.40. The Bertz CT molecular complexity index is 626. The number of halogens is 1. The number of aromatic nitrogens is 2. The first kappa shape index (κ1) is 15.0. The zero-order valence-corrected chi connectivity index (χ0v) is 12.6. The van der Waals surface area contributed by atoms with Gasteiger partial charge in [0.05, 0.1) is 27.5 Å². The number of rotatable bonds is 5. The largest absolute Gasteiger partial charge is 0.493 e. The standard InChI is InChI=1S/C13H15ClN4O3/c1-19-9-4-7(5-10(20-2)11(9)21-3)17-12-8(14)6-16-13(15)18-12/h4-6H,1-3H3,(H3,15,16,17,18). The molecular formula is C13H15ClN4O3. The number of nitrogens with two attached hydrogens (primary N) is 1. The maximum atomic E-state index is 6.02. The molecule has 0 radical (unpaired) electrons. The Labute approximate surface area is 127 Å². The second-order valence-corrected chi connectivity index (χ2v) is 4.37. The zero-order chi connectivity index (χ0) is 15.4. The van der Waals surface area contributed by atoms with Gasteiger partial charge in [-0.25, -0.2) is 4.98 Å². The van der Waals surface area contributed by atoms with Crippen molar-refractivity contribution in [1.29, 1.82) is 0 Å². The van der Waals surface area contributed by atoms with Gasteiger partial charge in [0.25, 0.3) is 0 Å². The van der Waals surface area contributed by atoms with E-state index in [9.17, 15) is 0 Å². The summed E-state index contributed by atoms with van der Waals surface area (Å²) in [5.41, 5.74) is 6.21. The van der Waals surface area contributed by atoms with Crippen LogP contribution in [0.25, 0.3) is 0 Å². The first-order valence-electron chi connectivity index (χ1n) is 5.94. The van der Waals surface area contributed by atoms with Crippen LogP contribution in [0.5, 0.6) is 17.2 Å². The lowest BCUT2D eigenvalue weighted by Gasteiger charge is -2.15. The third-order valence-electron chi connectivity index (χ3n) is 2.69. The summed E-state index contributed by atoms with van der Waals surface area (Å²) in [7, 11) is 4.61. The lowest BCUT2D eigenvalue weighted by molar-refractivity contribution is 0.324. The summed E-state index contributed by atoms with van der Waals surface area (Å²) < 4.78 is 15.8. The molecule has 0 bridgehead atoms. The summed E-state index contributed by atoms with van der Waals surface area (Å²) in [4.78, 5) is 7.83. The third kappa shape index (κ3) is 3.19. The Balaban J connectivity index is 2.42. The first-order valence-corrected chi connectivity index (χ1v) is 6.32. The Hall–Kier alpha value is -2.41. The predicted octanol–water partition coefficient (Wildman–Crippen LogP) is 2.48. The van der Waals surface area contributed by atoms with Gasteiger partial charge in [-0.2, -0.15) is 4.98 Å². The molecule has 0 saturated carbocycles. The van der Waals surface area contributed by atoms with Gasteiger partial charge in [-0.05, 0) is 0 Å². The van der Waals surface area contributed by atoms with Crippen molar-refractivity contribution in [2.45, 2.75) is 0 Å². The average Bonchev–Trinajstić information content (AvgIpc) is 2.49. The van der Waals surface area contributed by atoms with Gasteiger partial charge >= 0.3 is 0 Å². The topological polar surface area (TPSA) is 91.5 Å². The van der Waals surface area contributed by atoms with Crippen LogP contribution in [0.2, 0.25) is 5.02 Å². The number of benzene rings is 1. The van der Waals surface area contributed by atoms with E-state index >= 15 is 0 Å². The van der Waals surface area contributed by atoms with E-state index < -0.39 is 0 Å². The zero-order valence-electron chi connectivity index (χ0n) is 11.8. The van der Waals surface area contributed by atoms with Crippen molar-refractivity contribution in [2.24, 2.45) is 0 Å². The lowest BCUT2D eigenvalue weighted by Crippen LogP contribution is -2.02.